The van der Waals surface area contributed by atoms with Gasteiger partial charge >= 0.3 is 0 Å². The molecule has 0 bridgehead atoms. The molecule has 0 saturated heterocycles. The van der Waals surface area contributed by atoms with Gasteiger partial charge in [0.25, 0.3) is 0 Å². The Labute approximate surface area is 202 Å². The highest BCUT2D eigenvalue weighted by Gasteiger charge is 2.14. The summed E-state index contributed by atoms with van der Waals surface area (Å²) in [4.78, 5) is 21.6. The molecule has 33 heavy (non-hydrogen) atoms. The molecule has 1 atom stereocenters. The Balaban J connectivity index is 2.15. The predicted octanol–water partition coefficient (Wildman–Crippen LogP) is 4.44. The lowest BCUT2D eigenvalue weighted by molar-refractivity contribution is -0.122. The fourth-order valence-corrected chi connectivity index (χ4v) is 3.97. The summed E-state index contributed by atoms with van der Waals surface area (Å²) in [5, 5.41) is 2.86. The van der Waals surface area contributed by atoms with Crippen molar-refractivity contribution in [1.29, 1.82) is 0 Å². The fourth-order valence-electron chi connectivity index (χ4n) is 3.97. The molecule has 1 amide bonds. The molecule has 7 nitrogen and oxygen atoms in total. The van der Waals surface area contributed by atoms with Gasteiger partial charge in [0.15, 0.2) is 0 Å². The van der Waals surface area contributed by atoms with Crippen molar-refractivity contribution in [2.24, 2.45) is 5.73 Å². The number of imidazole rings is 1. The van der Waals surface area contributed by atoms with E-state index in [0.717, 1.165) is 12.2 Å². The van der Waals surface area contributed by atoms with Gasteiger partial charge in [0.1, 0.15) is 0 Å². The van der Waals surface area contributed by atoms with Crippen LogP contribution in [0.25, 0.3) is 0 Å². The number of unbranched alkanes of at least 4 members (excludes halogenated alkanes) is 10. The zero-order valence-corrected chi connectivity index (χ0v) is 21.5. The van der Waals surface area contributed by atoms with Crippen LogP contribution in [0, 0.1) is 0 Å². The first kappa shape index (κ1) is 29.6. The van der Waals surface area contributed by atoms with E-state index in [1.807, 2.05) is 0 Å². The van der Waals surface area contributed by atoms with Crippen LogP contribution in [-0.2, 0) is 16.0 Å². The topological polar surface area (TPSA) is 96.3 Å². The van der Waals surface area contributed by atoms with Crippen molar-refractivity contribution < 1.29 is 9.53 Å². The molecule has 0 radical (unpaired) electrons. The van der Waals surface area contributed by atoms with Crippen molar-refractivity contribution >= 4 is 5.91 Å². The van der Waals surface area contributed by atoms with Crippen LogP contribution >= 0.6 is 0 Å². The van der Waals surface area contributed by atoms with Gasteiger partial charge in [-0.25, -0.2) is 4.98 Å². The second kappa shape index (κ2) is 21.1. The van der Waals surface area contributed by atoms with Gasteiger partial charge in [-0.3, -0.25) is 4.79 Å². The Kier molecular flexibility index (Phi) is 18.9. The molecule has 0 aromatic carbocycles. The molecule has 1 unspecified atom stereocenters. The predicted molar refractivity (Wildman–Crippen MR) is 137 cm³/mol. The van der Waals surface area contributed by atoms with E-state index >= 15 is 0 Å². The number of nitrogens with two attached hydrogens (primary N) is 1. The molecule has 1 heterocycles. The van der Waals surface area contributed by atoms with E-state index < -0.39 is 6.04 Å². The van der Waals surface area contributed by atoms with E-state index in [4.69, 9.17) is 10.5 Å². The third-order valence-electron chi connectivity index (χ3n) is 6.08. The van der Waals surface area contributed by atoms with Crippen LogP contribution in [0.4, 0.5) is 0 Å². The van der Waals surface area contributed by atoms with Crippen LogP contribution < -0.4 is 11.1 Å². The minimum absolute atomic E-state index is 0.152. The Morgan fingerprint density at radius 1 is 0.970 bits per heavy atom. The summed E-state index contributed by atoms with van der Waals surface area (Å²) in [6.45, 7) is 9.56. The molecule has 192 valence electrons. The van der Waals surface area contributed by atoms with Crippen LogP contribution in [0.2, 0.25) is 0 Å². The highest BCUT2D eigenvalue weighted by atomic mass is 16.5. The van der Waals surface area contributed by atoms with Crippen LogP contribution in [0.1, 0.15) is 96.6 Å². The molecule has 0 saturated carbocycles. The number of amides is 1. The zero-order valence-electron chi connectivity index (χ0n) is 21.5. The van der Waals surface area contributed by atoms with Crippen LogP contribution in [0.3, 0.4) is 0 Å². The summed E-state index contributed by atoms with van der Waals surface area (Å²) < 4.78 is 5.81. The molecular formula is C26H51N5O2. The van der Waals surface area contributed by atoms with Crippen LogP contribution in [0.15, 0.2) is 12.5 Å². The summed E-state index contributed by atoms with van der Waals surface area (Å²) in [5.74, 6) is -0.152. The number of aromatic amines is 1. The first-order chi connectivity index (χ1) is 16.2. The van der Waals surface area contributed by atoms with E-state index in [1.165, 1.54) is 90.1 Å². The number of H-pyrrole nitrogens is 1. The van der Waals surface area contributed by atoms with E-state index in [0.29, 0.717) is 26.2 Å². The molecule has 1 rings (SSSR count). The number of nitrogens with zero attached hydrogens (tertiary/aromatic N) is 2. The van der Waals surface area contributed by atoms with Crippen molar-refractivity contribution in [3.8, 4) is 0 Å². The summed E-state index contributed by atoms with van der Waals surface area (Å²) in [6, 6.07) is -0.574. The van der Waals surface area contributed by atoms with E-state index in [9.17, 15) is 4.79 Å². The molecule has 0 aliphatic rings. The molecule has 0 aliphatic carbocycles. The van der Waals surface area contributed by atoms with Gasteiger partial charge in [0.2, 0.25) is 5.91 Å². The molecule has 0 fully saturated rings. The van der Waals surface area contributed by atoms with Gasteiger partial charge in [0, 0.05) is 31.4 Å². The Morgan fingerprint density at radius 3 is 2.15 bits per heavy atom. The Hall–Kier alpha value is -1.44. The number of carbonyl (C=O) groups is 1. The standard InChI is InChI=1S/C26H51N5O2/c1-3-5-7-9-11-13-16-31(17-14-12-10-8-6-4-2)18-20-33-19-15-29-26(32)25(27)21-24-22-28-23-30-24/h22-23,25H,3-21,27H2,1-2H3,(H,28,30)(H,29,32). The second-order valence-electron chi connectivity index (χ2n) is 9.17. The van der Waals surface area contributed by atoms with E-state index in [1.54, 1.807) is 12.5 Å². The number of hydrogen-bond acceptors (Lipinski definition) is 5. The lowest BCUT2D eigenvalue weighted by atomic mass is 10.1. The normalized spacial score (nSPS) is 12.4. The molecule has 0 spiro atoms. The molecule has 1 aromatic heterocycles. The third kappa shape index (κ3) is 16.8. The highest BCUT2D eigenvalue weighted by Crippen LogP contribution is 2.09. The molecule has 0 aliphatic heterocycles. The Bertz CT molecular complexity index is 537. The largest absolute Gasteiger partial charge is 0.378 e. The lowest BCUT2D eigenvalue weighted by Crippen LogP contribution is -2.43. The first-order valence-electron chi connectivity index (χ1n) is 13.5. The molecule has 1 aromatic rings. The van der Waals surface area contributed by atoms with Gasteiger partial charge in [0.05, 0.1) is 25.6 Å². The van der Waals surface area contributed by atoms with Crippen molar-refractivity contribution in [1.82, 2.24) is 20.2 Å². The average Bonchev–Trinajstić information content (AvgIpc) is 3.32. The lowest BCUT2D eigenvalue weighted by Gasteiger charge is -2.22. The second-order valence-corrected chi connectivity index (χ2v) is 9.17. The number of carbonyl (C=O) groups excluding carboxylic acids is 1. The van der Waals surface area contributed by atoms with E-state index in [2.05, 4.69) is 34.0 Å². The first-order valence-corrected chi connectivity index (χ1v) is 13.5. The summed E-state index contributed by atoms with van der Waals surface area (Å²) in [6.07, 6.45) is 19.8. The molecular weight excluding hydrogens is 414 g/mol. The SMILES string of the molecule is CCCCCCCCN(CCCCCCCC)CCOCCNC(=O)C(N)Cc1cnc[nH]1. The quantitative estimate of drug-likeness (QED) is 0.208. The summed E-state index contributed by atoms with van der Waals surface area (Å²) in [5.41, 5.74) is 6.82. The van der Waals surface area contributed by atoms with Gasteiger partial charge in [-0.05, 0) is 25.9 Å². The molecule has 4 N–H and O–H groups in total. The number of hydrogen-bond donors (Lipinski definition) is 3. The number of nitrogens with one attached hydrogen (secondary N) is 2. The van der Waals surface area contributed by atoms with Crippen LogP contribution in [0.5, 0.6) is 0 Å². The maximum Gasteiger partial charge on any atom is 0.237 e. The molecule has 7 heteroatoms. The van der Waals surface area contributed by atoms with Gasteiger partial charge < -0.3 is 25.7 Å². The highest BCUT2D eigenvalue weighted by molar-refractivity contribution is 5.81. The summed E-state index contributed by atoms with van der Waals surface area (Å²) >= 11 is 0. The number of ether oxygens (including phenoxy) is 1. The van der Waals surface area contributed by atoms with Gasteiger partial charge in [-0.1, -0.05) is 78.1 Å². The maximum atomic E-state index is 12.1. The van der Waals surface area contributed by atoms with E-state index in [-0.39, 0.29) is 5.91 Å². The Morgan fingerprint density at radius 2 is 1.58 bits per heavy atom. The monoisotopic (exact) mass is 465 g/mol. The number of rotatable bonds is 23. The van der Waals surface area contributed by atoms with Gasteiger partial charge in [-0.15, -0.1) is 0 Å². The smallest absolute Gasteiger partial charge is 0.237 e. The maximum absolute atomic E-state index is 12.1. The zero-order chi connectivity index (χ0) is 24.0. The number of aromatic nitrogens is 2. The average molecular weight is 466 g/mol. The fraction of sp³-hybridized carbons (Fsp3) is 0.846. The van der Waals surface area contributed by atoms with Crippen LogP contribution in [-0.4, -0.2) is 66.2 Å². The minimum Gasteiger partial charge on any atom is -0.378 e. The van der Waals surface area contributed by atoms with Crippen molar-refractivity contribution in [3.63, 3.8) is 0 Å². The van der Waals surface area contributed by atoms with Crippen molar-refractivity contribution in [2.75, 3.05) is 39.4 Å². The minimum atomic E-state index is -0.574. The van der Waals surface area contributed by atoms with Crippen molar-refractivity contribution in [2.45, 2.75) is 103 Å². The summed E-state index contributed by atoms with van der Waals surface area (Å²) in [7, 11) is 0. The van der Waals surface area contributed by atoms with Gasteiger partial charge in [-0.2, -0.15) is 0 Å². The third-order valence-corrected chi connectivity index (χ3v) is 6.08. The van der Waals surface area contributed by atoms with Crippen molar-refractivity contribution in [3.05, 3.63) is 18.2 Å².